The quantitative estimate of drug-likeness (QED) is 0.625. The molecule has 0 N–H and O–H groups in total. The normalized spacial score (nSPS) is 16.4. The van der Waals surface area contributed by atoms with Gasteiger partial charge in [0.2, 0.25) is 5.90 Å². The lowest BCUT2D eigenvalue weighted by Gasteiger charge is -1.99. The fourth-order valence-electron chi connectivity index (χ4n) is 1.67. The first-order chi connectivity index (χ1) is 9.63. The van der Waals surface area contributed by atoms with Crippen molar-refractivity contribution in [1.29, 1.82) is 0 Å². The highest BCUT2D eigenvalue weighted by Gasteiger charge is 2.25. The minimum atomic E-state index is -1.04. The van der Waals surface area contributed by atoms with Gasteiger partial charge in [0.1, 0.15) is 5.76 Å². The maximum Gasteiger partial charge on any atom is 0.363 e. The van der Waals surface area contributed by atoms with Crippen molar-refractivity contribution >= 4 is 17.9 Å². The Kier molecular flexibility index (Phi) is 2.90. The molecule has 1 aliphatic heterocycles. The fraction of sp³-hybridized carbons (Fsp3) is 0. The molecule has 20 heavy (non-hydrogen) atoms. The molecule has 0 amide bonds. The number of carbonyl (C=O) groups is 1. The average Bonchev–Trinajstić information content (AvgIpc) is 3.04. The van der Waals surface area contributed by atoms with E-state index in [-0.39, 0.29) is 17.2 Å². The van der Waals surface area contributed by atoms with E-state index in [1.807, 2.05) is 0 Å². The Morgan fingerprint density at radius 1 is 1.15 bits per heavy atom. The summed E-state index contributed by atoms with van der Waals surface area (Å²) in [5, 5.41) is 0. The molecule has 0 saturated heterocycles. The number of nitrogens with zero attached hydrogens (tertiary/aromatic N) is 1. The molecule has 0 fully saturated rings. The van der Waals surface area contributed by atoms with E-state index in [0.717, 1.165) is 12.1 Å². The van der Waals surface area contributed by atoms with Gasteiger partial charge >= 0.3 is 5.97 Å². The molecular formula is C14H7F2NO3. The summed E-state index contributed by atoms with van der Waals surface area (Å²) in [4.78, 5) is 15.6. The highest BCUT2D eigenvalue weighted by atomic mass is 19.2. The number of hydrogen-bond acceptors (Lipinski definition) is 4. The number of benzene rings is 1. The highest BCUT2D eigenvalue weighted by molar-refractivity contribution is 6.12. The highest BCUT2D eigenvalue weighted by Crippen LogP contribution is 2.20. The van der Waals surface area contributed by atoms with E-state index >= 15 is 0 Å². The van der Waals surface area contributed by atoms with Crippen LogP contribution in [0.15, 0.2) is 51.7 Å². The van der Waals surface area contributed by atoms with Crippen LogP contribution in [0, 0.1) is 11.6 Å². The van der Waals surface area contributed by atoms with Crippen LogP contribution in [0.2, 0.25) is 0 Å². The van der Waals surface area contributed by atoms with Crippen molar-refractivity contribution in [1.82, 2.24) is 0 Å². The lowest BCUT2D eigenvalue weighted by atomic mass is 10.2. The molecule has 0 unspecified atom stereocenters. The summed E-state index contributed by atoms with van der Waals surface area (Å²) in [7, 11) is 0. The van der Waals surface area contributed by atoms with Crippen LogP contribution in [0.25, 0.3) is 6.08 Å². The van der Waals surface area contributed by atoms with Crippen molar-refractivity contribution in [2.24, 2.45) is 4.99 Å². The molecule has 0 saturated carbocycles. The molecule has 0 atom stereocenters. The maximum atomic E-state index is 13.1. The lowest BCUT2D eigenvalue weighted by Crippen LogP contribution is -2.06. The largest absolute Gasteiger partial charge is 0.465 e. The first-order valence-electron chi connectivity index (χ1n) is 5.65. The van der Waals surface area contributed by atoms with Gasteiger partial charge < -0.3 is 9.15 Å². The Labute approximate surface area is 112 Å². The van der Waals surface area contributed by atoms with Crippen molar-refractivity contribution in [3.05, 3.63) is 65.3 Å². The summed E-state index contributed by atoms with van der Waals surface area (Å²) in [5.74, 6) is -2.34. The molecule has 2 aromatic rings. The first kappa shape index (κ1) is 12.3. The Balaban J connectivity index is 1.96. The summed E-state index contributed by atoms with van der Waals surface area (Å²) in [5.41, 5.74) is 0.208. The number of halogens is 2. The fourth-order valence-corrected chi connectivity index (χ4v) is 1.67. The summed E-state index contributed by atoms with van der Waals surface area (Å²) in [6, 6.07) is 6.44. The molecule has 0 aliphatic carbocycles. The maximum absolute atomic E-state index is 13.1. The Bertz CT molecular complexity index is 733. The van der Waals surface area contributed by atoms with Crippen LogP contribution in [0.3, 0.4) is 0 Å². The van der Waals surface area contributed by atoms with Crippen LogP contribution in [-0.4, -0.2) is 11.9 Å². The van der Waals surface area contributed by atoms with Gasteiger partial charge in [0.15, 0.2) is 17.3 Å². The second kappa shape index (κ2) is 4.73. The van der Waals surface area contributed by atoms with Gasteiger partial charge in [0.05, 0.1) is 6.26 Å². The third kappa shape index (κ3) is 2.23. The molecule has 100 valence electrons. The van der Waals surface area contributed by atoms with Crippen molar-refractivity contribution in [3.8, 4) is 0 Å². The van der Waals surface area contributed by atoms with Crippen LogP contribution in [-0.2, 0) is 9.53 Å². The van der Waals surface area contributed by atoms with Crippen LogP contribution >= 0.6 is 0 Å². The zero-order chi connectivity index (χ0) is 14.1. The first-order valence-corrected chi connectivity index (χ1v) is 5.65. The molecule has 1 aliphatic rings. The second-order valence-corrected chi connectivity index (χ2v) is 3.98. The van der Waals surface area contributed by atoms with E-state index in [9.17, 15) is 13.6 Å². The molecule has 0 bridgehead atoms. The summed E-state index contributed by atoms with van der Waals surface area (Å²) in [6.07, 6.45) is 2.85. The molecule has 1 aromatic carbocycles. The number of furan rings is 1. The summed E-state index contributed by atoms with van der Waals surface area (Å²) in [6.45, 7) is 0. The van der Waals surface area contributed by atoms with Gasteiger partial charge in [0, 0.05) is 11.6 Å². The smallest absolute Gasteiger partial charge is 0.363 e. The van der Waals surface area contributed by atoms with Gasteiger partial charge in [-0.15, -0.1) is 0 Å². The van der Waals surface area contributed by atoms with Gasteiger partial charge in [-0.3, -0.25) is 0 Å². The predicted octanol–water partition coefficient (Wildman–Crippen LogP) is 2.90. The third-order valence-corrected chi connectivity index (χ3v) is 2.61. The number of cyclic esters (lactones) is 1. The van der Waals surface area contributed by atoms with Crippen molar-refractivity contribution in [2.45, 2.75) is 0 Å². The van der Waals surface area contributed by atoms with E-state index in [1.54, 1.807) is 12.1 Å². The van der Waals surface area contributed by atoms with Crippen LogP contribution in [0.5, 0.6) is 0 Å². The molecular weight excluding hydrogens is 268 g/mol. The van der Waals surface area contributed by atoms with E-state index < -0.39 is 17.6 Å². The minimum Gasteiger partial charge on any atom is -0.465 e. The molecule has 1 aromatic heterocycles. The number of rotatable bonds is 2. The van der Waals surface area contributed by atoms with E-state index in [4.69, 9.17) is 9.15 Å². The second-order valence-electron chi connectivity index (χ2n) is 3.98. The molecule has 2 heterocycles. The van der Waals surface area contributed by atoms with E-state index in [2.05, 4.69) is 4.99 Å². The van der Waals surface area contributed by atoms with Crippen molar-refractivity contribution in [2.75, 3.05) is 0 Å². The monoisotopic (exact) mass is 275 g/mol. The van der Waals surface area contributed by atoms with Gasteiger partial charge in [-0.25, -0.2) is 18.6 Å². The van der Waals surface area contributed by atoms with Crippen LogP contribution in [0.1, 0.15) is 11.3 Å². The Morgan fingerprint density at radius 3 is 2.70 bits per heavy atom. The Hall–Kier alpha value is -2.76. The third-order valence-electron chi connectivity index (χ3n) is 2.61. The topological polar surface area (TPSA) is 51.8 Å². The standard InChI is InChI=1S/C14H7F2NO3/c15-10-4-3-8(6-11(10)16)13-17-12(14(18)20-13)7-9-2-1-5-19-9/h1-7H/b12-7+. The van der Waals surface area contributed by atoms with Crippen molar-refractivity contribution < 1.29 is 22.7 Å². The number of carbonyl (C=O) groups excluding carboxylic acids is 1. The number of ether oxygens (including phenoxy) is 1. The van der Waals surface area contributed by atoms with E-state index in [0.29, 0.717) is 5.76 Å². The molecule has 3 rings (SSSR count). The molecule has 4 nitrogen and oxygen atoms in total. The zero-order valence-electron chi connectivity index (χ0n) is 9.97. The number of aliphatic imine (C=N–C) groups is 1. The molecule has 0 radical (unpaired) electrons. The van der Waals surface area contributed by atoms with Crippen molar-refractivity contribution in [3.63, 3.8) is 0 Å². The van der Waals surface area contributed by atoms with Crippen LogP contribution in [0.4, 0.5) is 8.78 Å². The van der Waals surface area contributed by atoms with E-state index in [1.165, 1.54) is 18.4 Å². The predicted molar refractivity (Wildman–Crippen MR) is 65.7 cm³/mol. The minimum absolute atomic E-state index is 0.0275. The summed E-state index contributed by atoms with van der Waals surface area (Å²) >= 11 is 0. The average molecular weight is 275 g/mol. The Morgan fingerprint density at radius 2 is 2.00 bits per heavy atom. The van der Waals surface area contributed by atoms with Gasteiger partial charge in [-0.2, -0.15) is 0 Å². The number of esters is 1. The number of hydrogen-bond donors (Lipinski definition) is 0. The van der Waals surface area contributed by atoms with Gasteiger partial charge in [-0.05, 0) is 30.3 Å². The SMILES string of the molecule is O=C1OC(c2ccc(F)c(F)c2)=N/C1=C/c1ccco1. The van der Waals surface area contributed by atoms with Gasteiger partial charge in [0.25, 0.3) is 0 Å². The van der Waals surface area contributed by atoms with Gasteiger partial charge in [-0.1, -0.05) is 0 Å². The summed E-state index contributed by atoms with van der Waals surface area (Å²) < 4.78 is 35.9. The van der Waals surface area contributed by atoms with Crippen LogP contribution < -0.4 is 0 Å². The zero-order valence-corrected chi connectivity index (χ0v) is 9.97. The molecule has 0 spiro atoms. The molecule has 6 heteroatoms. The lowest BCUT2D eigenvalue weighted by molar-refractivity contribution is -0.129.